The van der Waals surface area contributed by atoms with Crippen LogP contribution >= 0.6 is 0 Å². The maximum atomic E-state index is 13.5. The summed E-state index contributed by atoms with van der Waals surface area (Å²) in [6.07, 6.45) is 1.56. The van der Waals surface area contributed by atoms with Crippen molar-refractivity contribution >= 4 is 16.9 Å². The molecular weight excluding hydrogens is 442 g/mol. The summed E-state index contributed by atoms with van der Waals surface area (Å²) in [5.74, 6) is 1.06. The molecule has 0 spiro atoms. The van der Waals surface area contributed by atoms with Crippen LogP contribution in [0, 0.1) is 0 Å². The van der Waals surface area contributed by atoms with Crippen LogP contribution in [0.25, 0.3) is 11.0 Å². The molecular formula is C29H21NO5. The number of ether oxygens (including phenoxy) is 1. The first kappa shape index (κ1) is 21.0. The molecule has 0 radical (unpaired) electrons. The van der Waals surface area contributed by atoms with Crippen LogP contribution in [0.5, 0.6) is 5.75 Å². The summed E-state index contributed by atoms with van der Waals surface area (Å²) < 4.78 is 17.4. The van der Waals surface area contributed by atoms with Gasteiger partial charge in [0, 0.05) is 0 Å². The lowest BCUT2D eigenvalue weighted by Crippen LogP contribution is -2.29. The lowest BCUT2D eigenvalue weighted by molar-refractivity contribution is 0.0701. The molecule has 172 valence electrons. The Bertz CT molecular complexity index is 1550. The van der Waals surface area contributed by atoms with Gasteiger partial charge >= 0.3 is 0 Å². The fourth-order valence-electron chi connectivity index (χ4n) is 4.53. The van der Waals surface area contributed by atoms with E-state index in [0.29, 0.717) is 34.6 Å². The minimum atomic E-state index is -0.605. The second-order valence-corrected chi connectivity index (χ2v) is 8.43. The topological polar surface area (TPSA) is 72.9 Å². The summed E-state index contributed by atoms with van der Waals surface area (Å²) in [5, 5.41) is 0.451. The molecule has 2 aromatic heterocycles. The molecule has 1 aliphatic heterocycles. The van der Waals surface area contributed by atoms with Gasteiger partial charge in [0.15, 0.2) is 5.43 Å². The Balaban J connectivity index is 1.39. The number of hydrogen-bond donors (Lipinski definition) is 0. The van der Waals surface area contributed by atoms with Crippen molar-refractivity contribution < 1.29 is 18.4 Å². The van der Waals surface area contributed by atoms with Crippen molar-refractivity contribution in [3.63, 3.8) is 0 Å². The van der Waals surface area contributed by atoms with Crippen LogP contribution in [0.1, 0.15) is 39.0 Å². The third kappa shape index (κ3) is 3.79. The van der Waals surface area contributed by atoms with Crippen LogP contribution in [-0.2, 0) is 13.2 Å². The number of rotatable bonds is 6. The molecule has 0 bridgehead atoms. The molecule has 3 aromatic carbocycles. The van der Waals surface area contributed by atoms with E-state index in [9.17, 15) is 9.59 Å². The third-order valence-corrected chi connectivity index (χ3v) is 6.22. The normalized spacial score (nSPS) is 14.9. The number of carbonyl (C=O) groups is 1. The van der Waals surface area contributed by atoms with E-state index >= 15 is 0 Å². The molecule has 3 heterocycles. The average molecular weight is 463 g/mol. The highest BCUT2D eigenvalue weighted by Gasteiger charge is 2.43. The Labute approximate surface area is 201 Å². The smallest absolute Gasteiger partial charge is 0.291 e. The van der Waals surface area contributed by atoms with Gasteiger partial charge in [-0.3, -0.25) is 9.59 Å². The van der Waals surface area contributed by atoms with Crippen LogP contribution < -0.4 is 10.2 Å². The minimum absolute atomic E-state index is 0.0784. The van der Waals surface area contributed by atoms with Gasteiger partial charge in [0.2, 0.25) is 5.76 Å². The van der Waals surface area contributed by atoms with Crippen LogP contribution in [0.2, 0.25) is 0 Å². The van der Waals surface area contributed by atoms with Crippen LogP contribution in [-0.4, -0.2) is 10.8 Å². The first-order chi connectivity index (χ1) is 17.2. The largest absolute Gasteiger partial charge is 0.489 e. The molecule has 1 aliphatic rings. The zero-order valence-corrected chi connectivity index (χ0v) is 18.7. The quantitative estimate of drug-likeness (QED) is 0.323. The summed E-state index contributed by atoms with van der Waals surface area (Å²) in [7, 11) is 0. The van der Waals surface area contributed by atoms with Crippen molar-refractivity contribution in [2.24, 2.45) is 0 Å². The zero-order chi connectivity index (χ0) is 23.8. The van der Waals surface area contributed by atoms with Gasteiger partial charge in [-0.15, -0.1) is 0 Å². The predicted molar refractivity (Wildman–Crippen MR) is 130 cm³/mol. The second kappa shape index (κ2) is 8.65. The van der Waals surface area contributed by atoms with E-state index in [1.165, 1.54) is 0 Å². The monoisotopic (exact) mass is 463 g/mol. The van der Waals surface area contributed by atoms with E-state index in [1.54, 1.807) is 47.6 Å². The molecule has 0 saturated heterocycles. The van der Waals surface area contributed by atoms with Crippen molar-refractivity contribution in [3.05, 3.63) is 136 Å². The van der Waals surface area contributed by atoms with Crippen LogP contribution in [0.3, 0.4) is 0 Å². The van der Waals surface area contributed by atoms with Crippen LogP contribution in [0.4, 0.5) is 0 Å². The molecule has 1 atom stereocenters. The molecule has 1 amide bonds. The number of amides is 1. The first-order valence-corrected chi connectivity index (χ1v) is 11.3. The van der Waals surface area contributed by atoms with Crippen molar-refractivity contribution in [2.45, 2.75) is 19.2 Å². The molecule has 0 unspecified atom stereocenters. The van der Waals surface area contributed by atoms with Gasteiger partial charge in [-0.1, -0.05) is 54.6 Å². The van der Waals surface area contributed by atoms with Gasteiger partial charge < -0.3 is 18.5 Å². The van der Waals surface area contributed by atoms with Crippen molar-refractivity contribution in [3.8, 4) is 5.75 Å². The van der Waals surface area contributed by atoms with Gasteiger partial charge in [0.05, 0.1) is 29.8 Å². The highest BCUT2D eigenvalue weighted by Crippen LogP contribution is 2.39. The average Bonchev–Trinajstić information content (AvgIpc) is 3.51. The Morgan fingerprint density at radius 3 is 2.37 bits per heavy atom. The van der Waals surface area contributed by atoms with E-state index in [0.717, 1.165) is 11.1 Å². The summed E-state index contributed by atoms with van der Waals surface area (Å²) in [6.45, 7) is 0.661. The summed E-state index contributed by atoms with van der Waals surface area (Å²) >= 11 is 0. The molecule has 6 heteroatoms. The Kier molecular flexibility index (Phi) is 5.19. The number of carbonyl (C=O) groups excluding carboxylic acids is 1. The van der Waals surface area contributed by atoms with E-state index < -0.39 is 6.04 Å². The molecule has 0 saturated carbocycles. The summed E-state index contributed by atoms with van der Waals surface area (Å²) in [6, 6.07) is 27.4. The van der Waals surface area contributed by atoms with Gasteiger partial charge in [0.1, 0.15) is 23.7 Å². The van der Waals surface area contributed by atoms with Crippen LogP contribution in [0.15, 0.2) is 111 Å². The number of nitrogens with zero attached hydrogens (tertiary/aromatic N) is 1. The number of hydrogen-bond acceptors (Lipinski definition) is 5. The third-order valence-electron chi connectivity index (χ3n) is 6.22. The van der Waals surface area contributed by atoms with E-state index in [2.05, 4.69) is 0 Å². The molecule has 6 nitrogen and oxygen atoms in total. The molecule has 0 aliphatic carbocycles. The van der Waals surface area contributed by atoms with E-state index in [1.807, 2.05) is 54.6 Å². The fraction of sp³-hybridized carbons (Fsp3) is 0.103. The van der Waals surface area contributed by atoms with Gasteiger partial charge in [-0.05, 0) is 47.5 Å². The Morgan fingerprint density at radius 2 is 1.60 bits per heavy atom. The number of benzene rings is 3. The second-order valence-electron chi connectivity index (χ2n) is 8.43. The van der Waals surface area contributed by atoms with Gasteiger partial charge in [0.25, 0.3) is 5.91 Å². The predicted octanol–water partition coefficient (Wildman–Crippen LogP) is 5.71. The number of fused-ring (bicyclic) bond motifs is 2. The standard InChI is InChI=1S/C29H21NO5/c31-27-23-10-4-5-11-24(23)35-28-25(27)26(30(29(28)32)17-22-9-6-16-33-22)20-12-14-21(15-13-20)34-18-19-7-2-1-3-8-19/h1-16,26H,17-18H2/t26-/m0/s1. The highest BCUT2D eigenvalue weighted by atomic mass is 16.5. The number of para-hydroxylation sites is 1. The zero-order valence-electron chi connectivity index (χ0n) is 18.7. The van der Waals surface area contributed by atoms with Crippen molar-refractivity contribution in [2.75, 3.05) is 0 Å². The van der Waals surface area contributed by atoms with Gasteiger partial charge in [-0.2, -0.15) is 0 Å². The molecule has 5 aromatic rings. The Morgan fingerprint density at radius 1 is 0.829 bits per heavy atom. The van der Waals surface area contributed by atoms with E-state index in [4.69, 9.17) is 13.6 Å². The van der Waals surface area contributed by atoms with Gasteiger partial charge in [-0.25, -0.2) is 0 Å². The SMILES string of the molecule is O=C1c2oc3ccccc3c(=O)c2[C@H](c2ccc(OCc3ccccc3)cc2)N1Cc1ccco1. The van der Waals surface area contributed by atoms with Crippen molar-refractivity contribution in [1.29, 1.82) is 0 Å². The molecule has 6 rings (SSSR count). The van der Waals surface area contributed by atoms with Crippen molar-refractivity contribution in [1.82, 2.24) is 4.90 Å². The lowest BCUT2D eigenvalue weighted by atomic mass is 9.98. The maximum absolute atomic E-state index is 13.5. The lowest BCUT2D eigenvalue weighted by Gasteiger charge is -2.24. The molecule has 0 N–H and O–H groups in total. The Hall–Kier alpha value is -4.58. The summed E-state index contributed by atoms with van der Waals surface area (Å²) in [4.78, 5) is 28.6. The van der Waals surface area contributed by atoms with E-state index in [-0.39, 0.29) is 23.6 Å². The molecule has 35 heavy (non-hydrogen) atoms. The number of furan rings is 1. The highest BCUT2D eigenvalue weighted by molar-refractivity contribution is 5.99. The minimum Gasteiger partial charge on any atom is -0.489 e. The first-order valence-electron chi connectivity index (χ1n) is 11.3. The molecule has 0 fully saturated rings. The maximum Gasteiger partial charge on any atom is 0.291 e. The fourth-order valence-corrected chi connectivity index (χ4v) is 4.53. The summed E-state index contributed by atoms with van der Waals surface area (Å²) in [5.41, 5.74) is 2.40.